The molecule has 0 radical (unpaired) electrons. The molecule has 2 atom stereocenters. The van der Waals surface area contributed by atoms with Crippen molar-refractivity contribution in [3.63, 3.8) is 0 Å². The van der Waals surface area contributed by atoms with Crippen molar-refractivity contribution in [3.05, 3.63) is 12.2 Å². The van der Waals surface area contributed by atoms with E-state index in [-0.39, 0.29) is 17.8 Å². The molecule has 0 aromatic rings. The molecule has 0 aliphatic heterocycles. The van der Waals surface area contributed by atoms with Gasteiger partial charge in [0.2, 0.25) is 0 Å². The number of rotatable bonds is 4. The first-order chi connectivity index (χ1) is 7.19. The minimum absolute atomic E-state index is 0.0281. The zero-order valence-corrected chi connectivity index (χ0v) is 9.36. The molecule has 0 bridgehead atoms. The number of Topliss-reactive ketones (excluding diaryl/α,β-unsaturated/α-hetero) is 1. The molecule has 1 aliphatic rings. The number of esters is 1. The molecule has 1 saturated carbocycles. The standard InChI is InChI=1S/C12H18O3/c1-3-4-5-10-9(6-7-11(10)13)8-12(14)15-2/h3-4,9-10H,5-8H2,1-2H3/b4-3+. The van der Waals surface area contributed by atoms with Gasteiger partial charge in [0.25, 0.3) is 0 Å². The van der Waals surface area contributed by atoms with E-state index in [1.165, 1.54) is 7.11 Å². The van der Waals surface area contributed by atoms with E-state index in [2.05, 4.69) is 4.74 Å². The molecule has 0 aromatic heterocycles. The van der Waals surface area contributed by atoms with E-state index in [4.69, 9.17) is 0 Å². The third-order valence-corrected chi connectivity index (χ3v) is 3.03. The van der Waals surface area contributed by atoms with Gasteiger partial charge in [-0.15, -0.1) is 0 Å². The maximum absolute atomic E-state index is 11.6. The Morgan fingerprint density at radius 3 is 2.93 bits per heavy atom. The van der Waals surface area contributed by atoms with Gasteiger partial charge in [0.05, 0.1) is 7.11 Å². The highest BCUT2D eigenvalue weighted by molar-refractivity contribution is 5.84. The summed E-state index contributed by atoms with van der Waals surface area (Å²) in [5.41, 5.74) is 0. The van der Waals surface area contributed by atoms with Crippen molar-refractivity contribution < 1.29 is 14.3 Å². The highest BCUT2D eigenvalue weighted by atomic mass is 16.5. The van der Waals surface area contributed by atoms with E-state index in [0.717, 1.165) is 12.8 Å². The van der Waals surface area contributed by atoms with Crippen LogP contribution in [0.15, 0.2) is 12.2 Å². The Kier molecular flexibility index (Phi) is 4.53. The van der Waals surface area contributed by atoms with Crippen LogP contribution in [0.3, 0.4) is 0 Å². The fourth-order valence-corrected chi connectivity index (χ4v) is 2.13. The fourth-order valence-electron chi connectivity index (χ4n) is 2.13. The first-order valence-corrected chi connectivity index (χ1v) is 5.39. The number of carbonyl (C=O) groups excluding carboxylic acids is 2. The molecule has 0 saturated heterocycles. The van der Waals surface area contributed by atoms with Crippen molar-refractivity contribution in [3.8, 4) is 0 Å². The SMILES string of the molecule is C/C=C/CC1C(=O)CCC1CC(=O)OC. The zero-order valence-electron chi connectivity index (χ0n) is 9.36. The smallest absolute Gasteiger partial charge is 0.305 e. The second kappa shape index (κ2) is 5.69. The molecule has 1 rings (SSSR count). The quantitative estimate of drug-likeness (QED) is 0.527. The Balaban J connectivity index is 2.55. The van der Waals surface area contributed by atoms with Crippen LogP contribution < -0.4 is 0 Å². The molecule has 2 unspecified atom stereocenters. The van der Waals surface area contributed by atoms with Crippen LogP contribution in [0.4, 0.5) is 0 Å². The molecule has 0 spiro atoms. The van der Waals surface area contributed by atoms with Gasteiger partial charge in [-0.2, -0.15) is 0 Å². The molecule has 0 amide bonds. The minimum Gasteiger partial charge on any atom is -0.469 e. The lowest BCUT2D eigenvalue weighted by atomic mass is 9.89. The van der Waals surface area contributed by atoms with Crippen molar-refractivity contribution in [1.82, 2.24) is 0 Å². The van der Waals surface area contributed by atoms with Crippen LogP contribution in [0.1, 0.15) is 32.6 Å². The molecule has 1 fully saturated rings. The lowest BCUT2D eigenvalue weighted by Crippen LogP contribution is -2.17. The predicted octanol–water partition coefficient (Wildman–Crippen LogP) is 2.11. The first-order valence-electron chi connectivity index (χ1n) is 5.39. The van der Waals surface area contributed by atoms with E-state index in [0.29, 0.717) is 18.6 Å². The van der Waals surface area contributed by atoms with Crippen molar-refractivity contribution in [2.45, 2.75) is 32.6 Å². The summed E-state index contributed by atoms with van der Waals surface area (Å²) in [4.78, 5) is 22.7. The predicted molar refractivity (Wildman–Crippen MR) is 57.3 cm³/mol. The average Bonchev–Trinajstić information content (AvgIpc) is 2.57. The topological polar surface area (TPSA) is 43.4 Å². The Morgan fingerprint density at radius 1 is 1.60 bits per heavy atom. The summed E-state index contributed by atoms with van der Waals surface area (Å²) < 4.78 is 4.63. The molecular formula is C12H18O3. The van der Waals surface area contributed by atoms with Crippen molar-refractivity contribution in [2.24, 2.45) is 11.8 Å². The summed E-state index contributed by atoms with van der Waals surface area (Å²) in [6.45, 7) is 1.94. The van der Waals surface area contributed by atoms with Gasteiger partial charge >= 0.3 is 5.97 Å². The van der Waals surface area contributed by atoms with E-state index in [1.807, 2.05) is 19.1 Å². The van der Waals surface area contributed by atoms with Gasteiger partial charge in [0.15, 0.2) is 0 Å². The van der Waals surface area contributed by atoms with Crippen LogP contribution in [0, 0.1) is 11.8 Å². The Bertz CT molecular complexity index is 268. The van der Waals surface area contributed by atoms with Crippen molar-refractivity contribution >= 4 is 11.8 Å². The molecule has 3 nitrogen and oxygen atoms in total. The molecule has 84 valence electrons. The van der Waals surface area contributed by atoms with Gasteiger partial charge in [-0.1, -0.05) is 12.2 Å². The summed E-state index contributed by atoms with van der Waals surface area (Å²) in [5, 5.41) is 0. The molecule has 1 aliphatic carbocycles. The number of methoxy groups -OCH3 is 1. The molecular weight excluding hydrogens is 192 g/mol. The van der Waals surface area contributed by atoms with Gasteiger partial charge in [-0.25, -0.2) is 0 Å². The van der Waals surface area contributed by atoms with Crippen LogP contribution in [0.5, 0.6) is 0 Å². The third-order valence-electron chi connectivity index (χ3n) is 3.03. The van der Waals surface area contributed by atoms with Gasteiger partial charge in [-0.3, -0.25) is 9.59 Å². The van der Waals surface area contributed by atoms with Crippen LogP contribution in [0.25, 0.3) is 0 Å². The highest BCUT2D eigenvalue weighted by Gasteiger charge is 2.34. The van der Waals surface area contributed by atoms with Gasteiger partial charge < -0.3 is 4.74 Å². The fraction of sp³-hybridized carbons (Fsp3) is 0.667. The Morgan fingerprint density at radius 2 is 2.33 bits per heavy atom. The number of allylic oxidation sites excluding steroid dienone is 2. The summed E-state index contributed by atoms with van der Waals surface area (Å²) in [7, 11) is 1.39. The van der Waals surface area contributed by atoms with Crippen molar-refractivity contribution in [1.29, 1.82) is 0 Å². The lowest BCUT2D eigenvalue weighted by molar-refractivity contribution is -0.142. The van der Waals surface area contributed by atoms with E-state index in [9.17, 15) is 9.59 Å². The molecule has 0 N–H and O–H groups in total. The van der Waals surface area contributed by atoms with E-state index in [1.54, 1.807) is 0 Å². The van der Waals surface area contributed by atoms with Crippen LogP contribution in [0.2, 0.25) is 0 Å². The Hall–Kier alpha value is -1.12. The normalized spacial score (nSPS) is 26.1. The minimum atomic E-state index is -0.208. The summed E-state index contributed by atoms with van der Waals surface area (Å²) in [6.07, 6.45) is 6.53. The monoisotopic (exact) mass is 210 g/mol. The summed E-state index contributed by atoms with van der Waals surface area (Å²) >= 11 is 0. The Labute approximate surface area is 90.5 Å². The van der Waals surface area contributed by atoms with E-state index < -0.39 is 0 Å². The molecule has 0 aromatic carbocycles. The van der Waals surface area contributed by atoms with Crippen LogP contribution in [-0.2, 0) is 14.3 Å². The molecule has 3 heteroatoms. The number of ether oxygens (including phenoxy) is 1. The van der Waals surface area contributed by atoms with Gasteiger partial charge in [-0.05, 0) is 25.7 Å². The summed E-state index contributed by atoms with van der Waals surface area (Å²) in [5.74, 6) is 0.295. The third kappa shape index (κ3) is 3.18. The first kappa shape index (κ1) is 12.0. The number of ketones is 1. The maximum Gasteiger partial charge on any atom is 0.305 e. The van der Waals surface area contributed by atoms with E-state index >= 15 is 0 Å². The van der Waals surface area contributed by atoms with Crippen LogP contribution >= 0.6 is 0 Å². The van der Waals surface area contributed by atoms with Gasteiger partial charge in [0.1, 0.15) is 5.78 Å². The number of hydrogen-bond acceptors (Lipinski definition) is 3. The molecule has 0 heterocycles. The number of hydrogen-bond donors (Lipinski definition) is 0. The lowest BCUT2D eigenvalue weighted by Gasteiger charge is -2.15. The highest BCUT2D eigenvalue weighted by Crippen LogP contribution is 2.34. The average molecular weight is 210 g/mol. The maximum atomic E-state index is 11.6. The van der Waals surface area contributed by atoms with Crippen molar-refractivity contribution in [2.75, 3.05) is 7.11 Å². The second-order valence-corrected chi connectivity index (χ2v) is 3.96. The second-order valence-electron chi connectivity index (χ2n) is 3.96. The van der Waals surface area contributed by atoms with Gasteiger partial charge in [0, 0.05) is 18.8 Å². The van der Waals surface area contributed by atoms with Crippen LogP contribution in [-0.4, -0.2) is 18.9 Å². The number of carbonyl (C=O) groups is 2. The largest absolute Gasteiger partial charge is 0.469 e. The molecule has 15 heavy (non-hydrogen) atoms. The zero-order chi connectivity index (χ0) is 11.3. The summed E-state index contributed by atoms with van der Waals surface area (Å²) in [6, 6.07) is 0.